The molecule has 0 aliphatic carbocycles. The van der Waals surface area contributed by atoms with Gasteiger partial charge in [-0.05, 0) is 81.5 Å². The van der Waals surface area contributed by atoms with Crippen molar-refractivity contribution in [2.45, 2.75) is 46.1 Å². The molecular weight excluding hydrogens is 420 g/mol. The maximum atomic E-state index is 12.6. The molecule has 0 radical (unpaired) electrons. The van der Waals surface area contributed by atoms with Gasteiger partial charge in [-0.15, -0.1) is 0 Å². The van der Waals surface area contributed by atoms with E-state index < -0.39 is 17.5 Å². The van der Waals surface area contributed by atoms with Gasteiger partial charge in [0.15, 0.2) is 0 Å². The zero-order valence-corrected chi connectivity index (χ0v) is 19.2. The maximum Gasteiger partial charge on any atom is 0.345 e. The highest BCUT2D eigenvalue weighted by Gasteiger charge is 2.36. The number of aromatic nitrogens is 2. The molecule has 1 atom stereocenters. The number of hydrogen-bond donors (Lipinski definition) is 0. The van der Waals surface area contributed by atoms with Crippen LogP contribution in [-0.4, -0.2) is 34.1 Å². The molecule has 1 aliphatic heterocycles. The molecule has 1 unspecified atom stereocenters. The van der Waals surface area contributed by atoms with E-state index >= 15 is 0 Å². The van der Waals surface area contributed by atoms with Gasteiger partial charge in [-0.1, -0.05) is 0 Å². The summed E-state index contributed by atoms with van der Waals surface area (Å²) in [6.07, 6.45) is 7.54. The Bertz CT molecular complexity index is 1190. The number of esters is 2. The number of nitrogens with zero attached hydrogens (tertiary/aromatic N) is 2. The van der Waals surface area contributed by atoms with Crippen molar-refractivity contribution in [3.63, 3.8) is 0 Å². The van der Waals surface area contributed by atoms with E-state index in [0.29, 0.717) is 29.7 Å². The van der Waals surface area contributed by atoms with Gasteiger partial charge in [-0.3, -0.25) is 9.97 Å². The fourth-order valence-electron chi connectivity index (χ4n) is 3.96. The first-order valence-corrected chi connectivity index (χ1v) is 10.8. The summed E-state index contributed by atoms with van der Waals surface area (Å²) in [5, 5.41) is 0. The lowest BCUT2D eigenvalue weighted by Crippen LogP contribution is -2.42. The Morgan fingerprint density at radius 3 is 2.21 bits per heavy atom. The summed E-state index contributed by atoms with van der Waals surface area (Å²) >= 11 is 0. The highest BCUT2D eigenvalue weighted by Crippen LogP contribution is 2.44. The quantitative estimate of drug-likeness (QED) is 0.419. The molecule has 0 spiro atoms. The lowest BCUT2D eigenvalue weighted by Gasteiger charge is -2.37. The summed E-state index contributed by atoms with van der Waals surface area (Å²) in [4.78, 5) is 32.9. The van der Waals surface area contributed by atoms with Crippen LogP contribution in [-0.2, 0) is 11.2 Å². The zero-order chi connectivity index (χ0) is 23.6. The number of benzene rings is 1. The predicted octanol–water partition coefficient (Wildman–Crippen LogP) is 4.56. The average Bonchev–Trinajstić information content (AvgIpc) is 2.84. The molecule has 3 heterocycles. The molecule has 170 valence electrons. The zero-order valence-electron chi connectivity index (χ0n) is 19.2. The van der Waals surface area contributed by atoms with E-state index in [0.717, 1.165) is 28.0 Å². The summed E-state index contributed by atoms with van der Waals surface area (Å²) in [5.41, 5.74) is 3.74. The molecule has 33 heavy (non-hydrogen) atoms. The van der Waals surface area contributed by atoms with Crippen LogP contribution in [0.1, 0.15) is 56.3 Å². The number of ether oxygens (including phenoxy) is 3. The minimum Gasteiger partial charge on any atom is -0.483 e. The van der Waals surface area contributed by atoms with Crippen molar-refractivity contribution in [3.05, 3.63) is 82.4 Å². The molecule has 0 saturated carbocycles. The fourth-order valence-corrected chi connectivity index (χ4v) is 3.96. The fraction of sp³-hybridized carbons (Fsp3) is 0.308. The largest absolute Gasteiger partial charge is 0.483 e. The molecule has 0 N–H and O–H groups in total. The standard InChI is InChI=1S/C26H26N2O5/c1-16-17(2)23-21(18(3)22(16)32-25(30)20-8-6-12-28-14-20)9-10-26(4,33-23)15-31-24(29)19-7-5-11-27-13-19/h5-8,11-14H,9-10,15H2,1-4H3. The van der Waals surface area contributed by atoms with Crippen molar-refractivity contribution >= 4 is 11.9 Å². The van der Waals surface area contributed by atoms with Crippen molar-refractivity contribution in [3.8, 4) is 11.5 Å². The Balaban J connectivity index is 1.54. The Morgan fingerprint density at radius 2 is 1.61 bits per heavy atom. The number of pyridine rings is 2. The molecule has 1 aliphatic rings. The van der Waals surface area contributed by atoms with Crippen molar-refractivity contribution in [2.75, 3.05) is 6.61 Å². The van der Waals surface area contributed by atoms with E-state index in [1.807, 2.05) is 27.7 Å². The van der Waals surface area contributed by atoms with Crippen molar-refractivity contribution in [1.29, 1.82) is 0 Å². The van der Waals surface area contributed by atoms with Gasteiger partial charge in [0, 0.05) is 30.4 Å². The Labute approximate surface area is 192 Å². The second-order valence-electron chi connectivity index (χ2n) is 8.51. The Morgan fingerprint density at radius 1 is 0.970 bits per heavy atom. The Kier molecular flexibility index (Phi) is 6.14. The van der Waals surface area contributed by atoms with Crippen LogP contribution in [0.2, 0.25) is 0 Å². The van der Waals surface area contributed by atoms with Gasteiger partial charge >= 0.3 is 11.9 Å². The summed E-state index contributed by atoms with van der Waals surface area (Å²) < 4.78 is 17.7. The molecule has 7 heteroatoms. The third-order valence-corrected chi connectivity index (χ3v) is 6.06. The van der Waals surface area contributed by atoms with E-state index in [9.17, 15) is 9.59 Å². The first kappa shape index (κ1) is 22.5. The van der Waals surface area contributed by atoms with Crippen molar-refractivity contribution in [1.82, 2.24) is 9.97 Å². The summed E-state index contributed by atoms with van der Waals surface area (Å²) in [7, 11) is 0. The smallest absolute Gasteiger partial charge is 0.345 e. The van der Waals surface area contributed by atoms with Gasteiger partial charge in [-0.25, -0.2) is 9.59 Å². The van der Waals surface area contributed by atoms with E-state index in [-0.39, 0.29) is 6.61 Å². The van der Waals surface area contributed by atoms with Crippen LogP contribution in [0.4, 0.5) is 0 Å². The van der Waals surface area contributed by atoms with E-state index in [1.165, 1.54) is 12.4 Å². The third kappa shape index (κ3) is 4.58. The van der Waals surface area contributed by atoms with Gasteiger partial charge in [0.2, 0.25) is 0 Å². The highest BCUT2D eigenvalue weighted by atomic mass is 16.6. The number of carbonyl (C=O) groups is 2. The van der Waals surface area contributed by atoms with Crippen LogP contribution >= 0.6 is 0 Å². The summed E-state index contributed by atoms with van der Waals surface area (Å²) in [5.74, 6) is 0.436. The predicted molar refractivity (Wildman–Crippen MR) is 122 cm³/mol. The molecule has 3 aromatic rings. The van der Waals surface area contributed by atoms with E-state index in [4.69, 9.17) is 14.2 Å². The second kappa shape index (κ2) is 9.02. The lowest BCUT2D eigenvalue weighted by atomic mass is 9.87. The molecule has 0 fully saturated rings. The van der Waals surface area contributed by atoms with E-state index in [1.54, 1.807) is 36.7 Å². The molecule has 0 saturated heterocycles. The normalized spacial score (nSPS) is 17.0. The second-order valence-corrected chi connectivity index (χ2v) is 8.51. The SMILES string of the molecule is Cc1c(C)c2c(c(C)c1OC(=O)c1cccnc1)CCC(C)(COC(=O)c1cccnc1)O2. The number of carbonyl (C=O) groups excluding carboxylic acids is 2. The van der Waals surface area contributed by atoms with E-state index in [2.05, 4.69) is 9.97 Å². The van der Waals surface area contributed by atoms with Crippen LogP contribution in [0.5, 0.6) is 11.5 Å². The van der Waals surface area contributed by atoms with Crippen LogP contribution in [0.15, 0.2) is 49.1 Å². The number of rotatable bonds is 5. The lowest BCUT2D eigenvalue weighted by molar-refractivity contribution is -0.0164. The molecule has 4 rings (SSSR count). The van der Waals surface area contributed by atoms with Gasteiger partial charge in [-0.2, -0.15) is 0 Å². The van der Waals surface area contributed by atoms with Gasteiger partial charge in [0.25, 0.3) is 0 Å². The van der Waals surface area contributed by atoms with Crippen LogP contribution < -0.4 is 9.47 Å². The summed E-state index contributed by atoms with van der Waals surface area (Å²) in [6, 6.07) is 6.73. The number of fused-ring (bicyclic) bond motifs is 1. The molecule has 0 amide bonds. The molecule has 2 aromatic heterocycles. The van der Waals surface area contributed by atoms with Crippen LogP contribution in [0, 0.1) is 20.8 Å². The van der Waals surface area contributed by atoms with Crippen LogP contribution in [0.25, 0.3) is 0 Å². The maximum absolute atomic E-state index is 12.6. The first-order chi connectivity index (χ1) is 15.8. The summed E-state index contributed by atoms with van der Waals surface area (Å²) in [6.45, 7) is 7.85. The molecule has 7 nitrogen and oxygen atoms in total. The monoisotopic (exact) mass is 446 g/mol. The molecular formula is C26H26N2O5. The van der Waals surface area contributed by atoms with Crippen LogP contribution in [0.3, 0.4) is 0 Å². The third-order valence-electron chi connectivity index (χ3n) is 6.06. The first-order valence-electron chi connectivity index (χ1n) is 10.8. The molecule has 0 bridgehead atoms. The van der Waals surface area contributed by atoms with Gasteiger partial charge in [0.1, 0.15) is 23.7 Å². The van der Waals surface area contributed by atoms with Crippen molar-refractivity contribution in [2.24, 2.45) is 0 Å². The van der Waals surface area contributed by atoms with Gasteiger partial charge < -0.3 is 14.2 Å². The highest BCUT2D eigenvalue weighted by molar-refractivity contribution is 5.91. The molecule has 1 aromatic carbocycles. The Hall–Kier alpha value is -3.74. The minimum absolute atomic E-state index is 0.120. The minimum atomic E-state index is -0.664. The van der Waals surface area contributed by atoms with Crippen molar-refractivity contribution < 1.29 is 23.8 Å². The topological polar surface area (TPSA) is 87.6 Å². The van der Waals surface area contributed by atoms with Gasteiger partial charge in [0.05, 0.1) is 11.1 Å². The number of hydrogen-bond acceptors (Lipinski definition) is 7. The average molecular weight is 447 g/mol.